The number of likely N-dealkylation sites (tertiary alicyclic amines) is 1. The maximum atomic E-state index is 12.9. The van der Waals surface area contributed by atoms with Crippen LogP contribution in [0.4, 0.5) is 0 Å². The summed E-state index contributed by atoms with van der Waals surface area (Å²) in [5.41, 5.74) is 1.57. The summed E-state index contributed by atoms with van der Waals surface area (Å²) in [6.07, 6.45) is 5.72. The Labute approximate surface area is 172 Å². The van der Waals surface area contributed by atoms with Crippen LogP contribution in [0.5, 0.6) is 0 Å². The van der Waals surface area contributed by atoms with E-state index in [4.69, 9.17) is 9.47 Å². The fourth-order valence-electron chi connectivity index (χ4n) is 3.86. The van der Waals surface area contributed by atoms with Gasteiger partial charge in [-0.3, -0.25) is 9.48 Å². The molecule has 1 aliphatic rings. The molecule has 3 rings (SSSR count). The Morgan fingerprint density at radius 3 is 2.66 bits per heavy atom. The predicted octanol–water partition coefficient (Wildman–Crippen LogP) is 2.48. The van der Waals surface area contributed by atoms with Crippen molar-refractivity contribution in [2.24, 2.45) is 0 Å². The normalized spacial score (nSPS) is 15.2. The van der Waals surface area contributed by atoms with Gasteiger partial charge in [-0.05, 0) is 39.7 Å². The summed E-state index contributed by atoms with van der Waals surface area (Å²) in [6, 6.07) is 1.89. The molecule has 0 bridgehead atoms. The minimum absolute atomic E-state index is 0.0805. The molecule has 2 aromatic rings. The first-order valence-electron chi connectivity index (χ1n) is 10.6. The van der Waals surface area contributed by atoms with E-state index in [-0.39, 0.29) is 5.91 Å². The molecule has 160 valence electrons. The first kappa shape index (κ1) is 21.5. The van der Waals surface area contributed by atoms with E-state index in [1.54, 1.807) is 4.68 Å². The fourth-order valence-corrected chi connectivity index (χ4v) is 3.86. The SMILES string of the molecule is CCOCCOCCn1ccnc1C1CCN(C(=O)c2cc(C)nn2CC)CC1. The smallest absolute Gasteiger partial charge is 0.272 e. The number of carbonyl (C=O) groups excluding carboxylic acids is 1. The summed E-state index contributed by atoms with van der Waals surface area (Å²) < 4.78 is 14.9. The number of imidazole rings is 1. The molecule has 0 aromatic carbocycles. The van der Waals surface area contributed by atoms with Crippen LogP contribution in [-0.2, 0) is 22.6 Å². The second kappa shape index (κ2) is 10.5. The van der Waals surface area contributed by atoms with Crippen molar-refractivity contribution in [2.75, 3.05) is 39.5 Å². The summed E-state index contributed by atoms with van der Waals surface area (Å²) in [4.78, 5) is 19.5. The van der Waals surface area contributed by atoms with E-state index in [0.717, 1.165) is 50.6 Å². The lowest BCUT2D eigenvalue weighted by Gasteiger charge is -2.32. The predicted molar refractivity (Wildman–Crippen MR) is 110 cm³/mol. The van der Waals surface area contributed by atoms with Crippen LogP contribution in [0, 0.1) is 6.92 Å². The highest BCUT2D eigenvalue weighted by Crippen LogP contribution is 2.27. The van der Waals surface area contributed by atoms with Gasteiger partial charge in [-0.1, -0.05) is 0 Å². The van der Waals surface area contributed by atoms with Crippen molar-refractivity contribution >= 4 is 5.91 Å². The van der Waals surface area contributed by atoms with Gasteiger partial charge in [-0.15, -0.1) is 0 Å². The molecule has 1 amide bonds. The maximum Gasteiger partial charge on any atom is 0.272 e. The Hall–Kier alpha value is -2.19. The maximum absolute atomic E-state index is 12.9. The molecule has 0 atom stereocenters. The first-order valence-corrected chi connectivity index (χ1v) is 10.6. The monoisotopic (exact) mass is 403 g/mol. The zero-order valence-corrected chi connectivity index (χ0v) is 17.8. The Bertz CT molecular complexity index is 777. The van der Waals surface area contributed by atoms with Crippen molar-refractivity contribution in [3.05, 3.63) is 35.7 Å². The van der Waals surface area contributed by atoms with Crippen LogP contribution in [0.1, 0.15) is 54.6 Å². The number of carbonyl (C=O) groups is 1. The molecular formula is C21H33N5O3. The molecule has 0 unspecified atom stereocenters. The topological polar surface area (TPSA) is 74.4 Å². The van der Waals surface area contributed by atoms with Gasteiger partial charge in [-0.25, -0.2) is 4.98 Å². The summed E-state index contributed by atoms with van der Waals surface area (Å²) in [6.45, 7) is 11.5. The highest BCUT2D eigenvalue weighted by atomic mass is 16.5. The number of aryl methyl sites for hydroxylation is 2. The third kappa shape index (κ3) is 5.45. The molecule has 0 aliphatic carbocycles. The molecule has 1 saturated heterocycles. The van der Waals surface area contributed by atoms with Crippen LogP contribution >= 0.6 is 0 Å². The molecule has 0 spiro atoms. The summed E-state index contributed by atoms with van der Waals surface area (Å²) in [5, 5.41) is 4.40. The van der Waals surface area contributed by atoms with E-state index in [1.807, 2.05) is 44.1 Å². The highest BCUT2D eigenvalue weighted by Gasteiger charge is 2.28. The first-order chi connectivity index (χ1) is 14.1. The van der Waals surface area contributed by atoms with Crippen molar-refractivity contribution in [3.8, 4) is 0 Å². The van der Waals surface area contributed by atoms with Crippen molar-refractivity contribution < 1.29 is 14.3 Å². The standard InChI is InChI=1S/C21H33N5O3/c1-4-26-19(16-17(3)23-26)21(27)25-9-6-18(7-10-25)20-22-8-11-24(20)12-13-29-15-14-28-5-2/h8,11,16,18H,4-7,9-10,12-15H2,1-3H3. The zero-order chi connectivity index (χ0) is 20.6. The lowest BCUT2D eigenvalue weighted by Crippen LogP contribution is -2.39. The molecule has 0 N–H and O–H groups in total. The van der Waals surface area contributed by atoms with Crippen molar-refractivity contribution in [3.63, 3.8) is 0 Å². The fraction of sp³-hybridized carbons (Fsp3) is 0.667. The summed E-state index contributed by atoms with van der Waals surface area (Å²) in [5.74, 6) is 1.55. The quantitative estimate of drug-likeness (QED) is 0.570. The molecule has 8 nitrogen and oxygen atoms in total. The van der Waals surface area contributed by atoms with Crippen molar-refractivity contribution in [1.29, 1.82) is 0 Å². The van der Waals surface area contributed by atoms with E-state index in [1.165, 1.54) is 0 Å². The zero-order valence-electron chi connectivity index (χ0n) is 17.8. The second-order valence-corrected chi connectivity index (χ2v) is 7.34. The van der Waals surface area contributed by atoms with E-state index >= 15 is 0 Å². The van der Waals surface area contributed by atoms with Crippen LogP contribution in [0.25, 0.3) is 0 Å². The van der Waals surface area contributed by atoms with Gasteiger partial charge in [0.25, 0.3) is 5.91 Å². The van der Waals surface area contributed by atoms with E-state index in [0.29, 0.717) is 38.0 Å². The third-order valence-corrected chi connectivity index (χ3v) is 5.37. The lowest BCUT2D eigenvalue weighted by molar-refractivity contribution is 0.0492. The van der Waals surface area contributed by atoms with Gasteiger partial charge in [0.05, 0.1) is 25.5 Å². The van der Waals surface area contributed by atoms with Gasteiger partial charge in [-0.2, -0.15) is 5.10 Å². The molecule has 0 saturated carbocycles. The average molecular weight is 404 g/mol. The summed E-state index contributed by atoms with van der Waals surface area (Å²) in [7, 11) is 0. The molecule has 3 heterocycles. The summed E-state index contributed by atoms with van der Waals surface area (Å²) >= 11 is 0. The number of rotatable bonds is 10. The Balaban J connectivity index is 1.51. The van der Waals surface area contributed by atoms with Gasteiger partial charge >= 0.3 is 0 Å². The molecule has 1 fully saturated rings. The number of nitrogens with zero attached hydrogens (tertiary/aromatic N) is 5. The number of amides is 1. The van der Waals surface area contributed by atoms with E-state index in [2.05, 4.69) is 14.6 Å². The van der Waals surface area contributed by atoms with Crippen LogP contribution in [-0.4, -0.2) is 69.7 Å². The minimum atomic E-state index is 0.0805. The molecular weight excluding hydrogens is 370 g/mol. The number of ether oxygens (including phenoxy) is 2. The van der Waals surface area contributed by atoms with Gasteiger partial charge in [0, 0.05) is 51.1 Å². The van der Waals surface area contributed by atoms with Crippen LogP contribution in [0.2, 0.25) is 0 Å². The third-order valence-electron chi connectivity index (χ3n) is 5.37. The minimum Gasteiger partial charge on any atom is -0.379 e. The largest absolute Gasteiger partial charge is 0.379 e. The Kier molecular flexibility index (Phi) is 7.83. The number of hydrogen-bond donors (Lipinski definition) is 0. The number of piperidine rings is 1. The van der Waals surface area contributed by atoms with Crippen molar-refractivity contribution in [2.45, 2.75) is 52.6 Å². The highest BCUT2D eigenvalue weighted by molar-refractivity contribution is 5.92. The van der Waals surface area contributed by atoms with Crippen LogP contribution in [0.3, 0.4) is 0 Å². The van der Waals surface area contributed by atoms with Gasteiger partial charge < -0.3 is 18.9 Å². The Morgan fingerprint density at radius 1 is 1.17 bits per heavy atom. The van der Waals surface area contributed by atoms with E-state index in [9.17, 15) is 4.79 Å². The van der Waals surface area contributed by atoms with E-state index < -0.39 is 0 Å². The molecule has 0 radical (unpaired) electrons. The van der Waals surface area contributed by atoms with Crippen LogP contribution in [0.15, 0.2) is 18.5 Å². The molecule has 2 aromatic heterocycles. The number of aromatic nitrogens is 4. The Morgan fingerprint density at radius 2 is 1.93 bits per heavy atom. The van der Waals surface area contributed by atoms with Gasteiger partial charge in [0.15, 0.2) is 0 Å². The number of hydrogen-bond acceptors (Lipinski definition) is 5. The average Bonchev–Trinajstić information content (AvgIpc) is 3.36. The molecule has 8 heteroatoms. The van der Waals surface area contributed by atoms with Crippen LogP contribution < -0.4 is 0 Å². The van der Waals surface area contributed by atoms with Crippen molar-refractivity contribution in [1.82, 2.24) is 24.2 Å². The lowest BCUT2D eigenvalue weighted by atomic mass is 9.95. The second-order valence-electron chi connectivity index (χ2n) is 7.34. The molecule has 29 heavy (non-hydrogen) atoms. The van der Waals surface area contributed by atoms with Gasteiger partial charge in [0.1, 0.15) is 11.5 Å². The van der Waals surface area contributed by atoms with Gasteiger partial charge in [0.2, 0.25) is 0 Å². The molecule has 1 aliphatic heterocycles.